The SMILES string of the molecule is C=C/C=C(\C=C/C)[C@H]1CCc2cc(O)ccc2[C@H]1c1ccc(N2CCC(C(OC)OC)CC2)cc1. The molecule has 4 nitrogen and oxygen atoms in total. The summed E-state index contributed by atoms with van der Waals surface area (Å²) in [7, 11) is 3.45. The normalized spacial score (nSPS) is 21.5. The van der Waals surface area contributed by atoms with Crippen LogP contribution >= 0.6 is 0 Å². The lowest BCUT2D eigenvalue weighted by Gasteiger charge is -2.37. The zero-order valence-corrected chi connectivity index (χ0v) is 21.3. The third-order valence-electron chi connectivity index (χ3n) is 7.69. The molecule has 4 rings (SSSR count). The van der Waals surface area contributed by atoms with Crippen molar-refractivity contribution >= 4 is 5.69 Å². The monoisotopic (exact) mass is 473 g/mol. The Morgan fingerprint density at radius 2 is 1.77 bits per heavy atom. The van der Waals surface area contributed by atoms with Gasteiger partial charge in [-0.3, -0.25) is 0 Å². The molecule has 35 heavy (non-hydrogen) atoms. The summed E-state index contributed by atoms with van der Waals surface area (Å²) in [6.07, 6.45) is 12.4. The summed E-state index contributed by atoms with van der Waals surface area (Å²) in [6.45, 7) is 8.04. The number of benzene rings is 2. The van der Waals surface area contributed by atoms with E-state index in [-0.39, 0.29) is 12.2 Å². The van der Waals surface area contributed by atoms with Gasteiger partial charge in [0.2, 0.25) is 0 Å². The van der Waals surface area contributed by atoms with Gasteiger partial charge in [0, 0.05) is 44.8 Å². The van der Waals surface area contributed by atoms with E-state index < -0.39 is 0 Å². The molecule has 2 aromatic carbocycles. The number of phenolic OH excluding ortho intramolecular Hbond substituents is 1. The van der Waals surface area contributed by atoms with Crippen molar-refractivity contribution in [1.29, 1.82) is 0 Å². The topological polar surface area (TPSA) is 41.9 Å². The Bertz CT molecular complexity index is 1040. The Morgan fingerprint density at radius 3 is 2.40 bits per heavy atom. The number of nitrogens with zero attached hydrogens (tertiary/aromatic N) is 1. The van der Waals surface area contributed by atoms with Crippen LogP contribution in [-0.2, 0) is 15.9 Å². The fourth-order valence-corrected chi connectivity index (χ4v) is 6.01. The Kier molecular flexibility index (Phi) is 8.48. The third-order valence-corrected chi connectivity index (χ3v) is 7.69. The summed E-state index contributed by atoms with van der Waals surface area (Å²) in [5, 5.41) is 10.1. The zero-order chi connectivity index (χ0) is 24.8. The molecule has 0 saturated carbocycles. The van der Waals surface area contributed by atoms with Crippen molar-refractivity contribution in [3.8, 4) is 5.75 Å². The van der Waals surface area contributed by atoms with Gasteiger partial charge in [-0.1, -0.05) is 49.1 Å². The second kappa shape index (κ2) is 11.7. The van der Waals surface area contributed by atoms with E-state index in [0.717, 1.165) is 38.8 Å². The average molecular weight is 474 g/mol. The van der Waals surface area contributed by atoms with Crippen LogP contribution in [0.15, 0.2) is 78.9 Å². The van der Waals surface area contributed by atoms with Crippen LogP contribution in [0.2, 0.25) is 0 Å². The molecule has 1 fully saturated rings. The van der Waals surface area contributed by atoms with Crippen molar-refractivity contribution in [3.63, 3.8) is 0 Å². The quantitative estimate of drug-likeness (QED) is 0.346. The van der Waals surface area contributed by atoms with E-state index in [0.29, 0.717) is 17.6 Å². The maximum Gasteiger partial charge on any atom is 0.159 e. The molecule has 0 unspecified atom stereocenters. The van der Waals surface area contributed by atoms with Crippen molar-refractivity contribution in [2.45, 2.75) is 44.8 Å². The first-order chi connectivity index (χ1) is 17.1. The summed E-state index contributed by atoms with van der Waals surface area (Å²) < 4.78 is 11.0. The summed E-state index contributed by atoms with van der Waals surface area (Å²) in [5.74, 6) is 1.39. The van der Waals surface area contributed by atoms with E-state index in [9.17, 15) is 5.11 Å². The maximum atomic E-state index is 10.1. The molecule has 1 heterocycles. The molecule has 1 N–H and O–H groups in total. The van der Waals surface area contributed by atoms with Crippen molar-refractivity contribution < 1.29 is 14.6 Å². The average Bonchev–Trinajstić information content (AvgIpc) is 2.89. The fraction of sp³-hybridized carbons (Fsp3) is 0.419. The second-order valence-corrected chi connectivity index (χ2v) is 9.66. The van der Waals surface area contributed by atoms with Crippen molar-refractivity contribution in [3.05, 3.63) is 95.6 Å². The fourth-order valence-electron chi connectivity index (χ4n) is 6.01. The number of hydrogen-bond acceptors (Lipinski definition) is 4. The number of aromatic hydroxyl groups is 1. The Balaban J connectivity index is 1.60. The molecule has 1 aliphatic carbocycles. The first kappa shape index (κ1) is 25.3. The van der Waals surface area contributed by atoms with Crippen LogP contribution in [-0.4, -0.2) is 38.7 Å². The number of anilines is 1. The summed E-state index contributed by atoms with van der Waals surface area (Å²) in [6, 6.07) is 15.0. The number of allylic oxidation sites excluding steroid dienone is 5. The number of aryl methyl sites for hydroxylation is 1. The van der Waals surface area contributed by atoms with E-state index in [1.165, 1.54) is 28.0 Å². The lowest BCUT2D eigenvalue weighted by atomic mass is 9.69. The highest BCUT2D eigenvalue weighted by molar-refractivity contribution is 5.52. The summed E-state index contributed by atoms with van der Waals surface area (Å²) in [5.41, 5.74) is 6.47. The number of fused-ring (bicyclic) bond motifs is 1. The number of piperidine rings is 1. The van der Waals surface area contributed by atoms with Gasteiger partial charge in [-0.15, -0.1) is 0 Å². The zero-order valence-electron chi connectivity index (χ0n) is 21.3. The highest BCUT2D eigenvalue weighted by atomic mass is 16.7. The third kappa shape index (κ3) is 5.55. The minimum Gasteiger partial charge on any atom is -0.508 e. The van der Waals surface area contributed by atoms with Gasteiger partial charge in [0.1, 0.15) is 5.75 Å². The lowest BCUT2D eigenvalue weighted by Crippen LogP contribution is -2.39. The van der Waals surface area contributed by atoms with Gasteiger partial charge in [0.25, 0.3) is 0 Å². The molecule has 186 valence electrons. The number of ether oxygens (including phenoxy) is 2. The van der Waals surface area contributed by atoms with Gasteiger partial charge in [0.15, 0.2) is 6.29 Å². The Morgan fingerprint density at radius 1 is 1.06 bits per heavy atom. The van der Waals surface area contributed by atoms with Crippen LogP contribution in [0.3, 0.4) is 0 Å². The van der Waals surface area contributed by atoms with Gasteiger partial charge in [-0.2, -0.15) is 0 Å². The van der Waals surface area contributed by atoms with Gasteiger partial charge < -0.3 is 19.5 Å². The molecule has 0 bridgehead atoms. The van der Waals surface area contributed by atoms with Crippen molar-refractivity contribution in [2.24, 2.45) is 11.8 Å². The number of phenols is 1. The molecule has 0 amide bonds. The van der Waals surface area contributed by atoms with Crippen LogP contribution in [0.1, 0.15) is 48.8 Å². The van der Waals surface area contributed by atoms with E-state index >= 15 is 0 Å². The number of methoxy groups -OCH3 is 2. The van der Waals surface area contributed by atoms with Crippen LogP contribution in [0.25, 0.3) is 0 Å². The van der Waals surface area contributed by atoms with Gasteiger partial charge in [-0.05, 0) is 85.1 Å². The van der Waals surface area contributed by atoms with E-state index in [1.54, 1.807) is 14.2 Å². The molecule has 1 aliphatic heterocycles. The lowest BCUT2D eigenvalue weighted by molar-refractivity contribution is -0.141. The molecule has 4 heteroatoms. The van der Waals surface area contributed by atoms with Crippen LogP contribution in [0.5, 0.6) is 5.75 Å². The molecule has 0 aromatic heterocycles. The molecular formula is C31H39NO3. The summed E-state index contributed by atoms with van der Waals surface area (Å²) >= 11 is 0. The second-order valence-electron chi connectivity index (χ2n) is 9.66. The Labute approximate surface area is 210 Å². The molecule has 0 radical (unpaired) electrons. The van der Waals surface area contributed by atoms with Crippen LogP contribution in [0, 0.1) is 11.8 Å². The standard InChI is InChI=1S/C31H39NO3/c1-5-7-22(8-6-2)28-15-11-25-21-27(33)14-16-29(25)30(28)23-9-12-26(13-10-23)32-19-17-24(18-20-32)31(34-3)35-4/h5-10,12-14,16,21,24,28,30-31,33H,1,11,15,17-20H2,2-4H3/b8-6-,22-7+/t28-,30+/m1/s1. The van der Waals surface area contributed by atoms with Crippen LogP contribution < -0.4 is 4.90 Å². The van der Waals surface area contributed by atoms with Gasteiger partial charge in [0.05, 0.1) is 0 Å². The largest absolute Gasteiger partial charge is 0.508 e. The smallest absolute Gasteiger partial charge is 0.159 e. The van der Waals surface area contributed by atoms with Gasteiger partial charge >= 0.3 is 0 Å². The number of hydrogen-bond donors (Lipinski definition) is 1. The first-order valence-corrected chi connectivity index (χ1v) is 12.8. The van der Waals surface area contributed by atoms with Crippen molar-refractivity contribution in [1.82, 2.24) is 0 Å². The molecule has 1 saturated heterocycles. The molecule has 0 spiro atoms. The molecule has 2 atom stereocenters. The highest BCUT2D eigenvalue weighted by Crippen LogP contribution is 2.45. The summed E-state index contributed by atoms with van der Waals surface area (Å²) in [4.78, 5) is 2.47. The van der Waals surface area contributed by atoms with E-state index in [2.05, 4.69) is 67.0 Å². The van der Waals surface area contributed by atoms with Crippen LogP contribution in [0.4, 0.5) is 5.69 Å². The molecule has 2 aromatic rings. The molecular weight excluding hydrogens is 434 g/mol. The minimum atomic E-state index is -0.114. The molecule has 2 aliphatic rings. The van der Waals surface area contributed by atoms with E-state index in [4.69, 9.17) is 9.47 Å². The maximum absolute atomic E-state index is 10.1. The number of rotatable bonds is 8. The highest BCUT2D eigenvalue weighted by Gasteiger charge is 2.33. The predicted octanol–water partition coefficient (Wildman–Crippen LogP) is 6.61. The van der Waals surface area contributed by atoms with Gasteiger partial charge in [-0.25, -0.2) is 0 Å². The van der Waals surface area contributed by atoms with E-state index in [1.807, 2.05) is 18.2 Å². The van der Waals surface area contributed by atoms with Crippen molar-refractivity contribution in [2.75, 3.05) is 32.2 Å². The predicted molar refractivity (Wildman–Crippen MR) is 144 cm³/mol. The first-order valence-electron chi connectivity index (χ1n) is 12.8. The Hall–Kier alpha value is -2.82. The minimum absolute atomic E-state index is 0.114.